The first-order chi connectivity index (χ1) is 7.56. The van der Waals surface area contributed by atoms with Crippen molar-refractivity contribution in [3.05, 3.63) is 17.0 Å². The lowest BCUT2D eigenvalue weighted by Crippen LogP contribution is -2.22. The summed E-state index contributed by atoms with van der Waals surface area (Å²) in [5, 5.41) is 7.25. The first kappa shape index (κ1) is 12.7. The van der Waals surface area contributed by atoms with E-state index in [0.717, 1.165) is 29.8 Å². The standard InChI is InChI=1S/C12H21N3O/c1-5-6-7-12(16)13-8-11-9(2)14-15(4)10(11)3/h5-8H2,1-4H3,(H,13,16). The summed E-state index contributed by atoms with van der Waals surface area (Å²) in [4.78, 5) is 11.5. The second-order valence-corrected chi connectivity index (χ2v) is 4.15. The molecule has 0 aliphatic carbocycles. The van der Waals surface area contributed by atoms with E-state index in [9.17, 15) is 4.79 Å². The van der Waals surface area contributed by atoms with Crippen LogP contribution in [0.2, 0.25) is 0 Å². The van der Waals surface area contributed by atoms with Crippen molar-refractivity contribution < 1.29 is 4.79 Å². The fourth-order valence-electron chi connectivity index (χ4n) is 1.69. The maximum absolute atomic E-state index is 11.5. The zero-order valence-electron chi connectivity index (χ0n) is 10.6. The van der Waals surface area contributed by atoms with E-state index in [1.807, 2.05) is 25.6 Å². The lowest BCUT2D eigenvalue weighted by molar-refractivity contribution is -0.121. The molecule has 0 aliphatic rings. The summed E-state index contributed by atoms with van der Waals surface area (Å²) in [5.74, 6) is 0.129. The molecule has 0 unspecified atom stereocenters. The molecular weight excluding hydrogens is 202 g/mol. The largest absolute Gasteiger partial charge is 0.352 e. The van der Waals surface area contributed by atoms with Crippen LogP contribution in [-0.4, -0.2) is 15.7 Å². The summed E-state index contributed by atoms with van der Waals surface area (Å²) in [5.41, 5.74) is 3.25. The van der Waals surface area contributed by atoms with E-state index >= 15 is 0 Å². The molecular formula is C12H21N3O. The first-order valence-corrected chi connectivity index (χ1v) is 5.82. The van der Waals surface area contributed by atoms with E-state index in [1.54, 1.807) is 0 Å². The average molecular weight is 223 g/mol. The molecule has 0 radical (unpaired) electrons. The van der Waals surface area contributed by atoms with Gasteiger partial charge in [0.15, 0.2) is 0 Å². The molecule has 0 atom stereocenters. The number of hydrogen-bond acceptors (Lipinski definition) is 2. The third kappa shape index (κ3) is 3.08. The lowest BCUT2D eigenvalue weighted by atomic mass is 10.2. The fourth-order valence-corrected chi connectivity index (χ4v) is 1.69. The zero-order valence-corrected chi connectivity index (χ0v) is 10.6. The van der Waals surface area contributed by atoms with Crippen LogP contribution >= 0.6 is 0 Å². The molecule has 16 heavy (non-hydrogen) atoms. The summed E-state index contributed by atoms with van der Waals surface area (Å²) in [6.07, 6.45) is 2.63. The normalized spacial score (nSPS) is 10.5. The summed E-state index contributed by atoms with van der Waals surface area (Å²) in [6, 6.07) is 0. The van der Waals surface area contributed by atoms with Crippen LogP contribution in [0.25, 0.3) is 0 Å². The van der Waals surface area contributed by atoms with Crippen LogP contribution in [0.1, 0.15) is 43.1 Å². The predicted molar refractivity (Wildman–Crippen MR) is 64.1 cm³/mol. The molecule has 0 aromatic carbocycles. The van der Waals surface area contributed by atoms with Gasteiger partial charge in [0.05, 0.1) is 5.69 Å². The molecule has 0 saturated heterocycles. The molecule has 0 spiro atoms. The summed E-state index contributed by atoms with van der Waals surface area (Å²) in [7, 11) is 1.92. The van der Waals surface area contributed by atoms with Crippen LogP contribution in [0.5, 0.6) is 0 Å². The highest BCUT2D eigenvalue weighted by Gasteiger charge is 2.09. The number of carbonyl (C=O) groups is 1. The molecule has 0 saturated carbocycles. The Morgan fingerprint density at radius 3 is 2.62 bits per heavy atom. The topological polar surface area (TPSA) is 46.9 Å². The number of aromatic nitrogens is 2. The van der Waals surface area contributed by atoms with E-state index in [-0.39, 0.29) is 5.91 Å². The molecule has 0 bridgehead atoms. The fraction of sp³-hybridized carbons (Fsp3) is 0.667. The molecule has 1 N–H and O–H groups in total. The van der Waals surface area contributed by atoms with Crippen molar-refractivity contribution in [1.82, 2.24) is 15.1 Å². The van der Waals surface area contributed by atoms with Crippen molar-refractivity contribution in [2.45, 2.75) is 46.6 Å². The van der Waals surface area contributed by atoms with Crippen molar-refractivity contribution in [2.24, 2.45) is 7.05 Å². The number of nitrogens with zero attached hydrogens (tertiary/aromatic N) is 2. The molecule has 1 rings (SSSR count). The maximum atomic E-state index is 11.5. The molecule has 4 heteroatoms. The Bertz CT molecular complexity index is 369. The Kier molecular flexibility index (Phi) is 4.52. The van der Waals surface area contributed by atoms with Gasteiger partial charge in [0.25, 0.3) is 0 Å². The molecule has 1 amide bonds. The predicted octanol–water partition coefficient (Wildman–Crippen LogP) is 1.84. The van der Waals surface area contributed by atoms with Crippen LogP contribution in [-0.2, 0) is 18.4 Å². The number of unbranched alkanes of at least 4 members (excludes halogenated alkanes) is 1. The molecule has 1 aromatic rings. The number of nitrogens with one attached hydrogen (secondary N) is 1. The number of aryl methyl sites for hydroxylation is 2. The number of carbonyl (C=O) groups excluding carboxylic acids is 1. The molecule has 1 heterocycles. The van der Waals surface area contributed by atoms with Gasteiger partial charge in [-0.1, -0.05) is 13.3 Å². The first-order valence-electron chi connectivity index (χ1n) is 5.82. The minimum absolute atomic E-state index is 0.129. The lowest BCUT2D eigenvalue weighted by Gasteiger charge is -2.05. The van der Waals surface area contributed by atoms with E-state index in [0.29, 0.717) is 13.0 Å². The molecule has 4 nitrogen and oxygen atoms in total. The highest BCUT2D eigenvalue weighted by atomic mass is 16.1. The zero-order chi connectivity index (χ0) is 12.1. The Labute approximate surface area is 97.0 Å². The van der Waals surface area contributed by atoms with E-state index < -0.39 is 0 Å². The van der Waals surface area contributed by atoms with Gasteiger partial charge in [0.2, 0.25) is 5.91 Å². The summed E-state index contributed by atoms with van der Waals surface area (Å²) in [6.45, 7) is 6.67. The van der Waals surface area contributed by atoms with Crippen LogP contribution in [0, 0.1) is 13.8 Å². The van der Waals surface area contributed by atoms with Crippen LogP contribution in [0.15, 0.2) is 0 Å². The Balaban J connectivity index is 2.51. The minimum Gasteiger partial charge on any atom is -0.352 e. The minimum atomic E-state index is 0.129. The Morgan fingerprint density at radius 2 is 2.12 bits per heavy atom. The van der Waals surface area contributed by atoms with Crippen molar-refractivity contribution in [3.63, 3.8) is 0 Å². The van der Waals surface area contributed by atoms with Crippen molar-refractivity contribution >= 4 is 5.91 Å². The molecule has 90 valence electrons. The van der Waals surface area contributed by atoms with Crippen molar-refractivity contribution in [3.8, 4) is 0 Å². The van der Waals surface area contributed by atoms with E-state index in [4.69, 9.17) is 0 Å². The number of rotatable bonds is 5. The van der Waals surface area contributed by atoms with Gasteiger partial charge in [-0.3, -0.25) is 9.48 Å². The van der Waals surface area contributed by atoms with Gasteiger partial charge in [-0.15, -0.1) is 0 Å². The number of hydrogen-bond donors (Lipinski definition) is 1. The van der Waals surface area contributed by atoms with Gasteiger partial charge in [-0.05, 0) is 20.3 Å². The van der Waals surface area contributed by atoms with Gasteiger partial charge in [-0.2, -0.15) is 5.10 Å². The molecule has 1 aromatic heterocycles. The highest BCUT2D eigenvalue weighted by molar-refractivity contribution is 5.75. The van der Waals surface area contributed by atoms with Gasteiger partial charge >= 0.3 is 0 Å². The average Bonchev–Trinajstić information content (AvgIpc) is 2.48. The maximum Gasteiger partial charge on any atom is 0.220 e. The Hall–Kier alpha value is -1.32. The third-order valence-electron chi connectivity index (χ3n) is 2.88. The van der Waals surface area contributed by atoms with Crippen molar-refractivity contribution in [2.75, 3.05) is 0 Å². The van der Waals surface area contributed by atoms with Gasteiger partial charge in [0.1, 0.15) is 0 Å². The quantitative estimate of drug-likeness (QED) is 0.828. The van der Waals surface area contributed by atoms with Gasteiger partial charge in [0, 0.05) is 31.3 Å². The third-order valence-corrected chi connectivity index (χ3v) is 2.88. The number of amides is 1. The molecule has 0 aliphatic heterocycles. The monoisotopic (exact) mass is 223 g/mol. The summed E-state index contributed by atoms with van der Waals surface area (Å²) < 4.78 is 1.85. The van der Waals surface area contributed by atoms with Crippen LogP contribution < -0.4 is 5.32 Å². The summed E-state index contributed by atoms with van der Waals surface area (Å²) >= 11 is 0. The molecule has 0 fully saturated rings. The van der Waals surface area contributed by atoms with Crippen molar-refractivity contribution in [1.29, 1.82) is 0 Å². The van der Waals surface area contributed by atoms with Crippen LogP contribution in [0.4, 0.5) is 0 Å². The second kappa shape index (κ2) is 5.68. The van der Waals surface area contributed by atoms with Gasteiger partial charge < -0.3 is 5.32 Å². The van der Waals surface area contributed by atoms with Crippen LogP contribution in [0.3, 0.4) is 0 Å². The Morgan fingerprint density at radius 1 is 1.44 bits per heavy atom. The van der Waals surface area contributed by atoms with E-state index in [2.05, 4.69) is 17.3 Å². The highest BCUT2D eigenvalue weighted by Crippen LogP contribution is 2.11. The smallest absolute Gasteiger partial charge is 0.220 e. The SMILES string of the molecule is CCCCC(=O)NCc1c(C)nn(C)c1C. The van der Waals surface area contributed by atoms with E-state index in [1.165, 1.54) is 0 Å². The van der Waals surface area contributed by atoms with Gasteiger partial charge in [-0.25, -0.2) is 0 Å². The second-order valence-electron chi connectivity index (χ2n) is 4.15.